The van der Waals surface area contributed by atoms with Crippen molar-refractivity contribution in [1.82, 2.24) is 4.90 Å². The van der Waals surface area contributed by atoms with E-state index in [4.69, 9.17) is 34.8 Å². The van der Waals surface area contributed by atoms with E-state index in [9.17, 15) is 4.79 Å². The van der Waals surface area contributed by atoms with Crippen LogP contribution in [0.25, 0.3) is 0 Å². The highest BCUT2D eigenvalue weighted by Gasteiger charge is 2.54. The first-order valence-electron chi connectivity index (χ1n) is 12.3. The minimum atomic E-state index is -0.971. The van der Waals surface area contributed by atoms with Gasteiger partial charge in [0, 0.05) is 19.0 Å². The van der Waals surface area contributed by atoms with Gasteiger partial charge in [0.15, 0.2) is 0 Å². The maximum absolute atomic E-state index is 13.2. The molecule has 0 bridgehead atoms. The zero-order chi connectivity index (χ0) is 22.5. The van der Waals surface area contributed by atoms with Gasteiger partial charge in [0.1, 0.15) is 9.71 Å². The molecule has 1 heterocycles. The molecule has 0 spiro atoms. The van der Waals surface area contributed by atoms with Gasteiger partial charge in [0.25, 0.3) is 0 Å². The zero-order valence-corrected chi connectivity index (χ0v) is 21.4. The summed E-state index contributed by atoms with van der Waals surface area (Å²) < 4.78 is 0. The van der Waals surface area contributed by atoms with Gasteiger partial charge in [-0.2, -0.15) is 0 Å². The van der Waals surface area contributed by atoms with Gasteiger partial charge in [-0.3, -0.25) is 4.79 Å². The third kappa shape index (κ3) is 8.78. The van der Waals surface area contributed by atoms with Crippen molar-refractivity contribution in [3.8, 4) is 0 Å². The summed E-state index contributed by atoms with van der Waals surface area (Å²) >= 11 is 19.4. The van der Waals surface area contributed by atoms with E-state index in [1.54, 1.807) is 0 Å². The van der Waals surface area contributed by atoms with Gasteiger partial charge in [-0.1, -0.05) is 114 Å². The van der Waals surface area contributed by atoms with Gasteiger partial charge in [0.05, 0.1) is 0 Å². The third-order valence-corrected chi connectivity index (χ3v) is 7.80. The fourth-order valence-electron chi connectivity index (χ4n) is 4.62. The second kappa shape index (κ2) is 14.7. The Labute approximate surface area is 205 Å². The van der Waals surface area contributed by atoms with Crippen LogP contribution >= 0.6 is 34.8 Å². The molecule has 0 N–H and O–H groups in total. The maximum atomic E-state index is 13.2. The lowest BCUT2D eigenvalue weighted by Gasteiger charge is -2.26. The van der Waals surface area contributed by atoms with E-state index in [2.05, 4.69) is 6.92 Å². The fourth-order valence-corrected chi connectivity index (χ4v) is 5.79. The summed E-state index contributed by atoms with van der Waals surface area (Å²) in [7, 11) is 0. The van der Waals surface area contributed by atoms with Gasteiger partial charge < -0.3 is 4.90 Å². The average Bonchev–Trinajstić information content (AvgIpc) is 3.00. The molecule has 5 heteroatoms. The third-order valence-electron chi connectivity index (χ3n) is 6.56. The zero-order valence-electron chi connectivity index (χ0n) is 19.1. The van der Waals surface area contributed by atoms with Gasteiger partial charge in [-0.05, 0) is 12.0 Å². The minimum Gasteiger partial charge on any atom is -0.336 e. The lowest BCUT2D eigenvalue weighted by atomic mass is 9.90. The number of alkyl halides is 3. The first kappa shape index (κ1) is 26.8. The van der Waals surface area contributed by atoms with Crippen molar-refractivity contribution in [2.75, 3.05) is 6.54 Å². The minimum absolute atomic E-state index is 0.0163. The monoisotopic (exact) mass is 487 g/mol. The lowest BCUT2D eigenvalue weighted by molar-refractivity contribution is -0.130. The van der Waals surface area contributed by atoms with E-state index in [1.165, 1.54) is 64.2 Å². The maximum Gasteiger partial charge on any atom is 0.244 e. The molecule has 1 amide bonds. The predicted molar refractivity (Wildman–Crippen MR) is 135 cm³/mol. The van der Waals surface area contributed by atoms with Crippen LogP contribution in [0.1, 0.15) is 96.0 Å². The van der Waals surface area contributed by atoms with E-state index in [1.807, 2.05) is 35.2 Å². The van der Waals surface area contributed by atoms with Crippen molar-refractivity contribution in [1.29, 1.82) is 0 Å². The van der Waals surface area contributed by atoms with Crippen molar-refractivity contribution >= 4 is 40.7 Å². The summed E-state index contributed by atoms with van der Waals surface area (Å²) in [6.07, 6.45) is 16.1. The van der Waals surface area contributed by atoms with Crippen molar-refractivity contribution < 1.29 is 4.79 Å². The van der Waals surface area contributed by atoms with E-state index in [0.29, 0.717) is 19.5 Å². The first-order chi connectivity index (χ1) is 15.0. The second-order valence-corrected chi connectivity index (χ2v) is 11.0. The summed E-state index contributed by atoms with van der Waals surface area (Å²) in [5.41, 5.74) is 1.10. The topological polar surface area (TPSA) is 20.3 Å². The Morgan fingerprint density at radius 2 is 1.42 bits per heavy atom. The Morgan fingerprint density at radius 3 is 1.94 bits per heavy atom. The van der Waals surface area contributed by atoms with Gasteiger partial charge in [-0.25, -0.2) is 0 Å². The van der Waals surface area contributed by atoms with Crippen LogP contribution in [0.15, 0.2) is 30.3 Å². The Balaban J connectivity index is 1.68. The molecular weight excluding hydrogens is 449 g/mol. The Morgan fingerprint density at radius 1 is 0.903 bits per heavy atom. The predicted octanol–water partition coefficient (Wildman–Crippen LogP) is 8.52. The SMILES string of the molecule is CCCCCCCCCCCCCC[C@@]1(Cl)C(=O)N(Cc2ccccc2)C[C@@H]1C(Cl)Cl. The molecule has 2 nitrogen and oxygen atoms in total. The van der Waals surface area contributed by atoms with Gasteiger partial charge in [-0.15, -0.1) is 34.8 Å². The Bertz CT molecular complexity index is 624. The number of carbonyl (C=O) groups excluding carboxylic acids is 1. The van der Waals surface area contributed by atoms with E-state index in [0.717, 1.165) is 18.4 Å². The molecule has 1 fully saturated rings. The molecule has 0 aromatic heterocycles. The van der Waals surface area contributed by atoms with Crippen molar-refractivity contribution in [3.63, 3.8) is 0 Å². The largest absolute Gasteiger partial charge is 0.336 e. The fraction of sp³-hybridized carbons (Fsp3) is 0.731. The number of rotatable bonds is 16. The van der Waals surface area contributed by atoms with Crippen molar-refractivity contribution in [2.45, 2.75) is 107 Å². The van der Waals surface area contributed by atoms with Crippen LogP contribution in [0.5, 0.6) is 0 Å². The van der Waals surface area contributed by atoms with Gasteiger partial charge >= 0.3 is 0 Å². The molecule has 176 valence electrons. The normalized spacial score (nSPS) is 21.4. The lowest BCUT2D eigenvalue weighted by Crippen LogP contribution is -2.40. The molecule has 1 aliphatic heterocycles. The smallest absolute Gasteiger partial charge is 0.244 e. The number of benzene rings is 1. The second-order valence-electron chi connectivity index (χ2n) is 9.11. The number of hydrogen-bond donors (Lipinski definition) is 0. The molecule has 1 aromatic rings. The molecule has 2 atom stereocenters. The summed E-state index contributed by atoms with van der Waals surface area (Å²) in [6, 6.07) is 10.0. The van der Waals surface area contributed by atoms with Gasteiger partial charge in [0.2, 0.25) is 5.91 Å². The highest BCUT2D eigenvalue weighted by atomic mass is 35.5. The van der Waals surface area contributed by atoms with Crippen LogP contribution in [-0.2, 0) is 11.3 Å². The molecule has 0 aliphatic carbocycles. The van der Waals surface area contributed by atoms with E-state index in [-0.39, 0.29) is 11.8 Å². The number of nitrogens with zero attached hydrogens (tertiary/aromatic N) is 1. The first-order valence-corrected chi connectivity index (χ1v) is 13.5. The molecule has 1 saturated heterocycles. The molecule has 1 aliphatic rings. The number of unbranched alkanes of at least 4 members (excludes halogenated alkanes) is 11. The van der Waals surface area contributed by atoms with Crippen molar-refractivity contribution in [3.05, 3.63) is 35.9 Å². The summed E-state index contributed by atoms with van der Waals surface area (Å²) in [4.78, 5) is 13.4. The van der Waals surface area contributed by atoms with E-state index >= 15 is 0 Å². The van der Waals surface area contributed by atoms with Crippen LogP contribution in [-0.4, -0.2) is 27.1 Å². The molecule has 31 heavy (non-hydrogen) atoms. The number of likely N-dealkylation sites (tertiary alicyclic amines) is 1. The quantitative estimate of drug-likeness (QED) is 0.169. The van der Waals surface area contributed by atoms with Crippen molar-refractivity contribution in [2.24, 2.45) is 5.92 Å². The summed E-state index contributed by atoms with van der Waals surface area (Å²) in [6.45, 7) is 3.34. The average molecular weight is 489 g/mol. The van der Waals surface area contributed by atoms with Crippen LogP contribution in [0.4, 0.5) is 0 Å². The van der Waals surface area contributed by atoms with Crippen LogP contribution in [0.2, 0.25) is 0 Å². The summed E-state index contributed by atoms with van der Waals surface area (Å²) in [5, 5.41) is 0. The van der Waals surface area contributed by atoms with E-state index < -0.39 is 9.71 Å². The standard InChI is InChI=1S/C26H40Cl3NO/c1-2-3-4-5-6-7-8-9-10-11-12-16-19-26(29)23(24(27)28)21-30(25(26)31)20-22-17-14-13-15-18-22/h13-15,17-18,23-24H,2-12,16,19-21H2,1H3/t23-,26+/m1/s1. The van der Waals surface area contributed by atoms with Crippen LogP contribution in [0, 0.1) is 5.92 Å². The molecule has 0 saturated carbocycles. The highest BCUT2D eigenvalue weighted by Crippen LogP contribution is 2.44. The molecule has 2 rings (SSSR count). The molecule has 0 radical (unpaired) electrons. The summed E-state index contributed by atoms with van der Waals surface area (Å²) in [5.74, 6) is -0.251. The number of amides is 1. The number of hydrogen-bond acceptors (Lipinski definition) is 1. The molecule has 0 unspecified atom stereocenters. The van der Waals surface area contributed by atoms with Crippen LogP contribution in [0.3, 0.4) is 0 Å². The Hall–Kier alpha value is -0.440. The molecular formula is C26H40Cl3NO. The van der Waals surface area contributed by atoms with Crippen LogP contribution < -0.4 is 0 Å². The highest BCUT2D eigenvalue weighted by molar-refractivity contribution is 6.46. The number of halogens is 3. The number of carbonyl (C=O) groups is 1. The Kier molecular flexibility index (Phi) is 12.7. The molecule has 1 aromatic carbocycles.